The zero-order valence-electron chi connectivity index (χ0n) is 13.4. The summed E-state index contributed by atoms with van der Waals surface area (Å²) in [5, 5.41) is 0. The zero-order chi connectivity index (χ0) is 13.7. The normalized spacial score (nSPS) is 25.3. The summed E-state index contributed by atoms with van der Waals surface area (Å²) in [6, 6.07) is 0.748. The molecular weight excluding hydrogens is 232 g/mol. The van der Waals surface area contributed by atoms with Crippen molar-refractivity contribution in [3.8, 4) is 0 Å². The second-order valence-corrected chi connectivity index (χ2v) is 7.09. The Morgan fingerprint density at radius 1 is 0.895 bits per heavy atom. The summed E-state index contributed by atoms with van der Waals surface area (Å²) in [4.78, 5) is 5.32. The minimum atomic E-state index is 0.748. The van der Waals surface area contributed by atoms with Crippen LogP contribution in [0.25, 0.3) is 0 Å². The molecule has 0 atom stereocenters. The smallest absolute Gasteiger partial charge is 0.00385 e. The van der Waals surface area contributed by atoms with E-state index >= 15 is 0 Å². The van der Waals surface area contributed by atoms with Crippen molar-refractivity contribution in [3.05, 3.63) is 0 Å². The number of rotatable bonds is 5. The molecule has 2 fully saturated rings. The largest absolute Gasteiger partial charge is 0.303 e. The number of hydrogen-bond acceptors (Lipinski definition) is 2. The standard InChI is InChI=1S/C17H34N2/c1-4-9-18-10-5-16(6-11-18)14-17-7-12-19(13-8-17)15(2)3/h15-17H,4-14H2,1-3H3. The fraction of sp³-hybridized carbons (Fsp3) is 1.00. The Kier molecular flexibility index (Phi) is 6.15. The third-order valence-corrected chi connectivity index (χ3v) is 5.29. The van der Waals surface area contributed by atoms with Crippen molar-refractivity contribution in [2.75, 3.05) is 32.7 Å². The molecule has 2 nitrogen and oxygen atoms in total. The summed E-state index contributed by atoms with van der Waals surface area (Å²) in [6.45, 7) is 13.7. The minimum absolute atomic E-state index is 0.748. The van der Waals surface area contributed by atoms with Crippen molar-refractivity contribution in [3.63, 3.8) is 0 Å². The molecule has 2 aliphatic rings. The zero-order valence-corrected chi connectivity index (χ0v) is 13.4. The van der Waals surface area contributed by atoms with Crippen molar-refractivity contribution in [2.24, 2.45) is 11.8 Å². The summed E-state index contributed by atoms with van der Waals surface area (Å²) >= 11 is 0. The highest BCUT2D eigenvalue weighted by Crippen LogP contribution is 2.30. The molecule has 0 aliphatic carbocycles. The molecule has 0 aromatic rings. The Labute approximate surface area is 120 Å². The number of nitrogens with zero attached hydrogens (tertiary/aromatic N) is 2. The van der Waals surface area contributed by atoms with Crippen molar-refractivity contribution >= 4 is 0 Å². The predicted octanol–water partition coefficient (Wildman–Crippen LogP) is 3.62. The van der Waals surface area contributed by atoms with Gasteiger partial charge in [-0.25, -0.2) is 0 Å². The van der Waals surface area contributed by atoms with Crippen molar-refractivity contribution in [2.45, 2.75) is 65.3 Å². The van der Waals surface area contributed by atoms with E-state index in [1.807, 2.05) is 0 Å². The first-order valence-corrected chi connectivity index (χ1v) is 8.65. The first kappa shape index (κ1) is 15.3. The molecule has 2 rings (SSSR count). The van der Waals surface area contributed by atoms with Gasteiger partial charge in [0.25, 0.3) is 0 Å². The molecule has 0 amide bonds. The van der Waals surface area contributed by atoms with E-state index in [4.69, 9.17) is 0 Å². The van der Waals surface area contributed by atoms with Gasteiger partial charge in [-0.05, 0) is 96.9 Å². The molecule has 112 valence electrons. The minimum Gasteiger partial charge on any atom is -0.303 e. The lowest BCUT2D eigenvalue weighted by Crippen LogP contribution is -2.39. The highest BCUT2D eigenvalue weighted by atomic mass is 15.1. The fourth-order valence-corrected chi connectivity index (χ4v) is 3.94. The molecule has 2 aliphatic heterocycles. The summed E-state index contributed by atoms with van der Waals surface area (Å²) in [6.07, 6.45) is 8.67. The molecule has 0 N–H and O–H groups in total. The van der Waals surface area contributed by atoms with Gasteiger partial charge < -0.3 is 9.80 Å². The Hall–Kier alpha value is -0.0800. The molecule has 2 heteroatoms. The van der Waals surface area contributed by atoms with Gasteiger partial charge in [0, 0.05) is 6.04 Å². The van der Waals surface area contributed by atoms with Crippen LogP contribution in [0.2, 0.25) is 0 Å². The van der Waals surface area contributed by atoms with Crippen LogP contribution < -0.4 is 0 Å². The highest BCUT2D eigenvalue weighted by molar-refractivity contribution is 4.79. The van der Waals surface area contributed by atoms with E-state index < -0.39 is 0 Å². The van der Waals surface area contributed by atoms with Crippen molar-refractivity contribution < 1.29 is 0 Å². The van der Waals surface area contributed by atoms with Crippen LogP contribution in [-0.2, 0) is 0 Å². The Balaban J connectivity index is 1.64. The first-order chi connectivity index (χ1) is 9.19. The molecule has 2 saturated heterocycles. The first-order valence-electron chi connectivity index (χ1n) is 8.65. The third kappa shape index (κ3) is 4.75. The van der Waals surface area contributed by atoms with E-state index in [1.54, 1.807) is 0 Å². The van der Waals surface area contributed by atoms with Crippen LogP contribution >= 0.6 is 0 Å². The fourth-order valence-electron chi connectivity index (χ4n) is 3.94. The average Bonchev–Trinajstić information content (AvgIpc) is 2.42. The lowest BCUT2D eigenvalue weighted by atomic mass is 9.82. The van der Waals surface area contributed by atoms with Gasteiger partial charge in [0.05, 0.1) is 0 Å². The quantitative estimate of drug-likeness (QED) is 0.750. The van der Waals surface area contributed by atoms with Gasteiger partial charge in [-0.2, -0.15) is 0 Å². The van der Waals surface area contributed by atoms with Crippen LogP contribution in [0, 0.1) is 11.8 Å². The number of piperidine rings is 2. The van der Waals surface area contributed by atoms with Crippen molar-refractivity contribution in [1.82, 2.24) is 9.80 Å². The van der Waals surface area contributed by atoms with E-state index in [-0.39, 0.29) is 0 Å². The van der Waals surface area contributed by atoms with Gasteiger partial charge in [-0.3, -0.25) is 0 Å². The molecule has 0 bridgehead atoms. The lowest BCUT2D eigenvalue weighted by Gasteiger charge is -2.38. The molecule has 0 spiro atoms. The van der Waals surface area contributed by atoms with Gasteiger partial charge in [-0.1, -0.05) is 6.92 Å². The van der Waals surface area contributed by atoms with Gasteiger partial charge in [0.1, 0.15) is 0 Å². The van der Waals surface area contributed by atoms with Crippen LogP contribution in [0.5, 0.6) is 0 Å². The average molecular weight is 266 g/mol. The van der Waals surface area contributed by atoms with E-state index in [1.165, 1.54) is 71.2 Å². The Morgan fingerprint density at radius 3 is 1.89 bits per heavy atom. The topological polar surface area (TPSA) is 6.48 Å². The summed E-state index contributed by atoms with van der Waals surface area (Å²) < 4.78 is 0. The van der Waals surface area contributed by atoms with Crippen molar-refractivity contribution in [1.29, 1.82) is 0 Å². The second kappa shape index (κ2) is 7.64. The second-order valence-electron chi connectivity index (χ2n) is 7.09. The van der Waals surface area contributed by atoms with Gasteiger partial charge in [0.15, 0.2) is 0 Å². The van der Waals surface area contributed by atoms with E-state index in [0.717, 1.165) is 17.9 Å². The highest BCUT2D eigenvalue weighted by Gasteiger charge is 2.25. The molecule has 0 unspecified atom stereocenters. The summed E-state index contributed by atoms with van der Waals surface area (Å²) in [7, 11) is 0. The molecule has 0 saturated carbocycles. The Morgan fingerprint density at radius 2 is 1.42 bits per heavy atom. The van der Waals surface area contributed by atoms with Gasteiger partial charge >= 0.3 is 0 Å². The van der Waals surface area contributed by atoms with Crippen LogP contribution in [-0.4, -0.2) is 48.6 Å². The number of hydrogen-bond donors (Lipinski definition) is 0. The molecule has 19 heavy (non-hydrogen) atoms. The molecule has 2 heterocycles. The van der Waals surface area contributed by atoms with Gasteiger partial charge in [-0.15, -0.1) is 0 Å². The molecule has 0 aromatic carbocycles. The SMILES string of the molecule is CCCN1CCC(CC2CCN(C(C)C)CC2)CC1. The molecule has 0 radical (unpaired) electrons. The maximum Gasteiger partial charge on any atom is 0.00385 e. The lowest BCUT2D eigenvalue weighted by molar-refractivity contribution is 0.117. The maximum atomic E-state index is 2.66. The molecular formula is C17H34N2. The van der Waals surface area contributed by atoms with Crippen LogP contribution in [0.1, 0.15) is 59.3 Å². The van der Waals surface area contributed by atoms with Crippen LogP contribution in [0.15, 0.2) is 0 Å². The van der Waals surface area contributed by atoms with Crippen LogP contribution in [0.4, 0.5) is 0 Å². The third-order valence-electron chi connectivity index (χ3n) is 5.29. The van der Waals surface area contributed by atoms with Crippen LogP contribution in [0.3, 0.4) is 0 Å². The van der Waals surface area contributed by atoms with E-state index in [9.17, 15) is 0 Å². The van der Waals surface area contributed by atoms with Gasteiger partial charge in [0.2, 0.25) is 0 Å². The number of likely N-dealkylation sites (tertiary alicyclic amines) is 2. The maximum absolute atomic E-state index is 2.66. The summed E-state index contributed by atoms with van der Waals surface area (Å²) in [5.41, 5.74) is 0. The Bertz CT molecular complexity index is 236. The van der Waals surface area contributed by atoms with E-state index in [0.29, 0.717) is 0 Å². The molecule has 0 aromatic heterocycles. The monoisotopic (exact) mass is 266 g/mol. The van der Waals surface area contributed by atoms with E-state index in [2.05, 4.69) is 30.6 Å². The summed E-state index contributed by atoms with van der Waals surface area (Å²) in [5.74, 6) is 2.06. The predicted molar refractivity (Wildman–Crippen MR) is 83.5 cm³/mol.